The van der Waals surface area contributed by atoms with Crippen molar-refractivity contribution in [1.82, 2.24) is 15.8 Å². The maximum atomic E-state index is 11.8. The van der Waals surface area contributed by atoms with Crippen molar-refractivity contribution in [1.29, 1.82) is 0 Å². The molecule has 0 saturated carbocycles. The second-order valence-corrected chi connectivity index (χ2v) is 5.02. The molecule has 0 radical (unpaired) electrons. The first-order valence-electron chi connectivity index (χ1n) is 8.79. The fraction of sp³-hybridized carbons (Fsp3) is 0.368. The predicted molar refractivity (Wildman–Crippen MR) is 106 cm³/mol. The molecule has 7 nitrogen and oxygen atoms in total. The number of aromatic nitrogens is 1. The third-order valence-corrected chi connectivity index (χ3v) is 3.06. The van der Waals surface area contributed by atoms with Crippen LogP contribution < -0.4 is 10.9 Å². The summed E-state index contributed by atoms with van der Waals surface area (Å²) in [6.07, 6.45) is 1.56. The van der Waals surface area contributed by atoms with Crippen molar-refractivity contribution in [3.8, 4) is 0 Å². The van der Waals surface area contributed by atoms with E-state index in [2.05, 4.69) is 15.1 Å². The molecule has 0 spiro atoms. The van der Waals surface area contributed by atoms with Crippen LogP contribution in [-0.4, -0.2) is 29.4 Å². The lowest BCUT2D eigenvalue weighted by Crippen LogP contribution is -2.46. The van der Waals surface area contributed by atoms with Gasteiger partial charge in [0.05, 0.1) is 23.6 Å². The van der Waals surface area contributed by atoms with Crippen molar-refractivity contribution in [3.63, 3.8) is 0 Å². The number of hydrazine groups is 1. The van der Waals surface area contributed by atoms with Gasteiger partial charge in [-0.3, -0.25) is 25.4 Å². The van der Waals surface area contributed by atoms with E-state index in [0.29, 0.717) is 10.6 Å². The molecule has 2 rings (SSSR count). The number of fused-ring (bicyclic) bond motifs is 1. The van der Waals surface area contributed by atoms with Crippen molar-refractivity contribution in [2.75, 3.05) is 6.61 Å². The van der Waals surface area contributed by atoms with Gasteiger partial charge >= 0.3 is 11.9 Å². The normalized spacial score (nSPS) is 9.11. The Morgan fingerprint density at radius 2 is 1.74 bits per heavy atom. The summed E-state index contributed by atoms with van der Waals surface area (Å²) in [5.41, 5.74) is 5.61. The van der Waals surface area contributed by atoms with E-state index in [1.807, 2.05) is 33.1 Å². The molecule has 2 aromatic rings. The summed E-state index contributed by atoms with van der Waals surface area (Å²) in [6, 6.07) is 7.04. The summed E-state index contributed by atoms with van der Waals surface area (Å²) in [6.45, 7) is 9.65. The fourth-order valence-corrected chi connectivity index (χ4v) is 2.03. The summed E-state index contributed by atoms with van der Waals surface area (Å²) in [5.74, 6) is -2.56. The summed E-state index contributed by atoms with van der Waals surface area (Å²) in [4.78, 5) is 38.3. The smallest absolute Gasteiger partial charge is 0.398 e. The van der Waals surface area contributed by atoms with Gasteiger partial charge in [-0.25, -0.2) is 4.79 Å². The molecular weight excluding hydrogens is 370 g/mol. The van der Waals surface area contributed by atoms with Gasteiger partial charge in [-0.15, -0.1) is 0 Å². The first kappa shape index (κ1) is 24.3. The maximum absolute atomic E-state index is 11.8. The molecule has 0 fully saturated rings. The van der Waals surface area contributed by atoms with Crippen LogP contribution >= 0.6 is 11.6 Å². The molecule has 148 valence electrons. The summed E-state index contributed by atoms with van der Waals surface area (Å²) in [7, 11) is 0. The average molecular weight is 396 g/mol. The summed E-state index contributed by atoms with van der Waals surface area (Å²) >= 11 is 5.88. The number of esters is 1. The minimum Gasteiger partial charge on any atom is -0.459 e. The molecule has 0 aliphatic carbocycles. The van der Waals surface area contributed by atoms with E-state index in [1.165, 1.54) is 0 Å². The van der Waals surface area contributed by atoms with Crippen LogP contribution in [-0.2, 0) is 25.5 Å². The minimum absolute atomic E-state index is 0.0194. The lowest BCUT2D eigenvalue weighted by Gasteiger charge is -2.07. The number of pyridine rings is 1. The molecule has 1 heterocycles. The zero-order valence-electron chi connectivity index (χ0n) is 16.3. The number of nitrogens with zero attached hydrogens (tertiary/aromatic N) is 1. The molecule has 2 amide bonds. The molecule has 1 aromatic carbocycles. The molecule has 0 aliphatic heterocycles. The van der Waals surface area contributed by atoms with E-state index < -0.39 is 17.8 Å². The Morgan fingerprint density at radius 1 is 1.07 bits per heavy atom. The Bertz CT molecular complexity index is 766. The van der Waals surface area contributed by atoms with Crippen molar-refractivity contribution >= 4 is 40.3 Å². The number of nitrogens with one attached hydrogen (secondary N) is 2. The summed E-state index contributed by atoms with van der Waals surface area (Å²) in [5, 5.41) is 1.30. The second-order valence-electron chi connectivity index (χ2n) is 4.58. The lowest BCUT2D eigenvalue weighted by molar-refractivity contribution is -0.155. The van der Waals surface area contributed by atoms with E-state index in [0.717, 1.165) is 10.9 Å². The average Bonchev–Trinajstić information content (AvgIpc) is 2.69. The van der Waals surface area contributed by atoms with Gasteiger partial charge in [0, 0.05) is 11.6 Å². The van der Waals surface area contributed by atoms with Crippen LogP contribution in [0.15, 0.2) is 30.5 Å². The zero-order valence-corrected chi connectivity index (χ0v) is 17.0. The molecule has 0 bridgehead atoms. The molecule has 0 atom stereocenters. The molecule has 0 aliphatic rings. The predicted octanol–water partition coefficient (Wildman–Crippen LogP) is 3.19. The first-order chi connectivity index (χ1) is 13.0. The highest BCUT2D eigenvalue weighted by molar-refractivity contribution is 6.32. The van der Waals surface area contributed by atoms with Gasteiger partial charge in [0.25, 0.3) is 0 Å². The number of amides is 2. The van der Waals surface area contributed by atoms with E-state index in [-0.39, 0.29) is 13.0 Å². The maximum Gasteiger partial charge on any atom is 0.398 e. The van der Waals surface area contributed by atoms with Gasteiger partial charge in [-0.2, -0.15) is 0 Å². The number of carbonyl (C=O) groups is 3. The largest absolute Gasteiger partial charge is 0.459 e. The van der Waals surface area contributed by atoms with Crippen LogP contribution in [0.4, 0.5) is 0 Å². The number of carbonyl (C=O) groups excluding carboxylic acids is 3. The number of ether oxygens (including phenoxy) is 1. The Hall–Kier alpha value is -2.67. The number of hydrogen-bond donors (Lipinski definition) is 2. The zero-order chi connectivity index (χ0) is 20.8. The van der Waals surface area contributed by atoms with Crippen molar-refractivity contribution < 1.29 is 19.1 Å². The minimum atomic E-state index is -1.06. The van der Waals surface area contributed by atoms with Gasteiger partial charge < -0.3 is 4.74 Å². The molecule has 8 heteroatoms. The Balaban J connectivity index is 0.00000158. The fourth-order valence-electron chi connectivity index (χ4n) is 1.87. The van der Waals surface area contributed by atoms with Crippen LogP contribution in [0.5, 0.6) is 0 Å². The lowest BCUT2D eigenvalue weighted by atomic mass is 10.1. The molecule has 0 unspecified atom stereocenters. The third-order valence-electron chi connectivity index (χ3n) is 2.85. The first-order valence-corrected chi connectivity index (χ1v) is 9.17. The van der Waals surface area contributed by atoms with Crippen LogP contribution in [0.2, 0.25) is 5.02 Å². The van der Waals surface area contributed by atoms with E-state index in [4.69, 9.17) is 11.6 Å². The van der Waals surface area contributed by atoms with E-state index in [9.17, 15) is 14.4 Å². The van der Waals surface area contributed by atoms with Crippen LogP contribution in [0.25, 0.3) is 10.9 Å². The molecule has 0 saturated heterocycles. The van der Waals surface area contributed by atoms with Crippen molar-refractivity contribution in [3.05, 3.63) is 41.0 Å². The van der Waals surface area contributed by atoms with Crippen LogP contribution in [0.3, 0.4) is 0 Å². The van der Waals surface area contributed by atoms with E-state index >= 15 is 0 Å². The van der Waals surface area contributed by atoms with Gasteiger partial charge in [-0.1, -0.05) is 45.4 Å². The Morgan fingerprint density at radius 3 is 2.37 bits per heavy atom. The van der Waals surface area contributed by atoms with Gasteiger partial charge in [0.2, 0.25) is 5.91 Å². The molecule has 2 N–H and O–H groups in total. The van der Waals surface area contributed by atoms with Gasteiger partial charge in [-0.05, 0) is 30.7 Å². The topological polar surface area (TPSA) is 97.4 Å². The number of rotatable bonds is 3. The number of hydrogen-bond acceptors (Lipinski definition) is 5. The highest BCUT2D eigenvalue weighted by Gasteiger charge is 2.15. The monoisotopic (exact) mass is 395 g/mol. The van der Waals surface area contributed by atoms with Crippen LogP contribution in [0.1, 0.15) is 40.2 Å². The SMILES string of the molecule is CC.CC.CCOC(=O)C(=O)NNC(=O)Cc1ccc2ncc(Cl)cc2c1. The van der Waals surface area contributed by atoms with Crippen molar-refractivity contribution in [2.45, 2.75) is 41.0 Å². The van der Waals surface area contributed by atoms with Gasteiger partial charge in [0.15, 0.2) is 0 Å². The highest BCUT2D eigenvalue weighted by Crippen LogP contribution is 2.18. The van der Waals surface area contributed by atoms with E-state index in [1.54, 1.807) is 37.4 Å². The van der Waals surface area contributed by atoms with Crippen molar-refractivity contribution in [2.24, 2.45) is 0 Å². The Labute approximate surface area is 164 Å². The molecule has 1 aromatic heterocycles. The third kappa shape index (κ3) is 8.50. The standard InChI is InChI=1S/C15H14ClN3O4.2C2H6/c1-2-23-15(22)14(21)19-18-13(20)6-9-3-4-12-10(5-9)7-11(16)8-17-12;2*1-2/h3-5,7-8H,2,6H2,1H3,(H,18,20)(H,19,21);2*1-2H3. The number of benzene rings is 1. The molecule has 27 heavy (non-hydrogen) atoms. The second kappa shape index (κ2) is 13.5. The molecular formula is C19H26ClN3O4. The van der Waals surface area contributed by atoms with Gasteiger partial charge in [0.1, 0.15) is 0 Å². The highest BCUT2D eigenvalue weighted by atomic mass is 35.5. The quantitative estimate of drug-likeness (QED) is 0.472. The van der Waals surface area contributed by atoms with Crippen LogP contribution in [0, 0.1) is 0 Å². The Kier molecular flexibility index (Phi) is 12.2. The number of halogens is 1. The summed E-state index contributed by atoms with van der Waals surface area (Å²) < 4.78 is 4.49.